The van der Waals surface area contributed by atoms with E-state index in [2.05, 4.69) is 15.9 Å². The molecule has 1 unspecified atom stereocenters. The van der Waals surface area contributed by atoms with E-state index in [1.54, 1.807) is 12.1 Å². The first-order valence-electron chi connectivity index (χ1n) is 6.92. The molecule has 9 heteroatoms. The summed E-state index contributed by atoms with van der Waals surface area (Å²) in [6.07, 6.45) is -0.0515. The summed E-state index contributed by atoms with van der Waals surface area (Å²) in [4.78, 5) is 26.7. The molecule has 2 aromatic carbocycles. The Morgan fingerprint density at radius 1 is 1.32 bits per heavy atom. The van der Waals surface area contributed by atoms with E-state index >= 15 is 0 Å². The third-order valence-electron chi connectivity index (χ3n) is 3.83. The number of benzene rings is 2. The summed E-state index contributed by atoms with van der Waals surface area (Å²) in [6.45, 7) is -0.441. The third-order valence-corrected chi connectivity index (χ3v) is 4.49. The number of aromatic hydroxyl groups is 1. The van der Waals surface area contributed by atoms with Crippen LogP contribution in [0.15, 0.2) is 34.8 Å². The lowest BCUT2D eigenvalue weighted by molar-refractivity contribution is -0.150. The molecule has 0 fully saturated rings. The summed E-state index contributed by atoms with van der Waals surface area (Å²) >= 11 is 3.24. The molecule has 0 aromatic heterocycles. The quantitative estimate of drug-likeness (QED) is 0.592. The molecule has 0 spiro atoms. The van der Waals surface area contributed by atoms with Crippen LogP contribution in [0.5, 0.6) is 5.75 Å². The average Bonchev–Trinajstić information content (AvgIpc) is 2.85. The number of phenolic OH excluding ortho intramolecular Hbond substituents is 1. The minimum absolute atomic E-state index is 0.0515. The lowest BCUT2D eigenvalue weighted by Gasteiger charge is -2.26. The van der Waals surface area contributed by atoms with E-state index in [4.69, 9.17) is 4.84 Å². The van der Waals surface area contributed by atoms with Crippen LogP contribution in [-0.2, 0) is 20.0 Å². The third kappa shape index (κ3) is 2.75. The van der Waals surface area contributed by atoms with Gasteiger partial charge >= 0.3 is 5.97 Å². The van der Waals surface area contributed by atoms with Crippen molar-refractivity contribution in [3.8, 4) is 5.75 Å². The topological polar surface area (TPSA) is 87.1 Å². The fraction of sp³-hybridized carbons (Fsp3) is 0.125. The highest BCUT2D eigenvalue weighted by molar-refractivity contribution is 9.10. The molecule has 1 atom stereocenters. The van der Waals surface area contributed by atoms with Gasteiger partial charge in [-0.25, -0.2) is 18.6 Å². The minimum atomic E-state index is -2.03. The largest absolute Gasteiger partial charge is 0.507 e. The Bertz CT molecular complexity index is 891. The molecule has 3 rings (SSSR count). The SMILES string of the molecule is O=CC(=O)ON1CC(O)(c2cc(F)c(F)cc2O)c2c(Br)cccc21. The van der Waals surface area contributed by atoms with Crippen LogP contribution >= 0.6 is 15.9 Å². The molecule has 1 aliphatic heterocycles. The Morgan fingerprint density at radius 3 is 2.68 bits per heavy atom. The van der Waals surface area contributed by atoms with Gasteiger partial charge in [0, 0.05) is 21.7 Å². The number of hydroxylamine groups is 1. The van der Waals surface area contributed by atoms with Gasteiger partial charge in [0.25, 0.3) is 0 Å². The van der Waals surface area contributed by atoms with Gasteiger partial charge in [-0.05, 0) is 18.2 Å². The number of aldehydes is 1. The number of phenols is 1. The molecule has 0 bridgehead atoms. The number of carbonyl (C=O) groups excluding carboxylic acids is 2. The second-order valence-electron chi connectivity index (χ2n) is 5.34. The van der Waals surface area contributed by atoms with Crippen LogP contribution in [0, 0.1) is 11.6 Å². The summed E-state index contributed by atoms with van der Waals surface area (Å²) in [5.74, 6) is -4.42. The zero-order valence-electron chi connectivity index (χ0n) is 12.4. The smallest absolute Gasteiger partial charge is 0.395 e. The Balaban J connectivity index is 2.19. The number of carbonyl (C=O) groups is 2. The number of fused-ring (bicyclic) bond motifs is 1. The van der Waals surface area contributed by atoms with Crippen LogP contribution in [0.1, 0.15) is 11.1 Å². The lowest BCUT2D eigenvalue weighted by Crippen LogP contribution is -2.36. The summed E-state index contributed by atoms with van der Waals surface area (Å²) < 4.78 is 27.3. The van der Waals surface area contributed by atoms with Crippen molar-refractivity contribution < 1.29 is 33.4 Å². The Morgan fingerprint density at radius 2 is 2.00 bits per heavy atom. The highest BCUT2D eigenvalue weighted by Crippen LogP contribution is 2.49. The monoisotopic (exact) mass is 413 g/mol. The van der Waals surface area contributed by atoms with Crippen molar-refractivity contribution in [2.45, 2.75) is 5.60 Å². The molecule has 1 aliphatic rings. The number of halogens is 3. The second kappa shape index (κ2) is 6.08. The Hall–Kier alpha value is -2.52. The van der Waals surface area contributed by atoms with E-state index < -0.39 is 35.5 Å². The van der Waals surface area contributed by atoms with Crippen LogP contribution < -0.4 is 5.06 Å². The molecule has 1 heterocycles. The maximum Gasteiger partial charge on any atom is 0.395 e. The number of β-amino-alcohol motifs (C(OH)–C–C–N with tert-alkyl or cyclic N) is 1. The highest BCUT2D eigenvalue weighted by atomic mass is 79.9. The molecular formula is C16H10BrF2NO5. The van der Waals surface area contributed by atoms with Crippen molar-refractivity contribution in [1.29, 1.82) is 0 Å². The summed E-state index contributed by atoms with van der Waals surface area (Å²) in [6, 6.07) is 5.86. The number of aliphatic hydroxyl groups is 1. The summed E-state index contributed by atoms with van der Waals surface area (Å²) in [5.41, 5.74) is -1.97. The molecule has 0 amide bonds. The first-order valence-corrected chi connectivity index (χ1v) is 7.71. The van der Waals surface area contributed by atoms with Crippen molar-refractivity contribution in [3.05, 3.63) is 57.6 Å². The van der Waals surface area contributed by atoms with Gasteiger partial charge in [0.2, 0.25) is 6.29 Å². The Labute approximate surface area is 148 Å². The molecule has 6 nitrogen and oxygen atoms in total. The van der Waals surface area contributed by atoms with E-state index in [0.717, 1.165) is 5.06 Å². The van der Waals surface area contributed by atoms with Gasteiger partial charge in [-0.3, -0.25) is 4.79 Å². The highest BCUT2D eigenvalue weighted by Gasteiger charge is 2.47. The van der Waals surface area contributed by atoms with Gasteiger partial charge in [-0.2, -0.15) is 0 Å². The minimum Gasteiger partial charge on any atom is -0.507 e. The summed E-state index contributed by atoms with van der Waals surface area (Å²) in [5, 5.41) is 22.1. The summed E-state index contributed by atoms with van der Waals surface area (Å²) in [7, 11) is 0. The predicted octanol–water partition coefficient (Wildman–Crippen LogP) is 2.15. The molecule has 2 aromatic rings. The molecule has 0 radical (unpaired) electrons. The van der Waals surface area contributed by atoms with Crippen LogP contribution in [0.25, 0.3) is 0 Å². The van der Waals surface area contributed by atoms with Gasteiger partial charge in [0.05, 0.1) is 12.2 Å². The predicted molar refractivity (Wildman–Crippen MR) is 84.7 cm³/mol. The van der Waals surface area contributed by atoms with Gasteiger partial charge < -0.3 is 15.1 Å². The van der Waals surface area contributed by atoms with E-state index in [9.17, 15) is 28.6 Å². The fourth-order valence-corrected chi connectivity index (χ4v) is 3.48. The molecular weight excluding hydrogens is 404 g/mol. The van der Waals surface area contributed by atoms with Crippen LogP contribution in [0.3, 0.4) is 0 Å². The number of hydrogen-bond acceptors (Lipinski definition) is 6. The standard InChI is InChI=1S/C16H10BrF2NO5/c17-9-2-1-3-12-15(9)16(24,7-20(12)25-14(23)6-21)8-4-10(18)11(19)5-13(8)22/h1-6,22,24H,7H2. The average molecular weight is 414 g/mol. The Kier molecular flexibility index (Phi) is 4.21. The number of rotatable bonds is 3. The lowest BCUT2D eigenvalue weighted by atomic mass is 9.87. The molecule has 0 saturated carbocycles. The van der Waals surface area contributed by atoms with Gasteiger partial charge in [-0.1, -0.05) is 22.0 Å². The van der Waals surface area contributed by atoms with Crippen molar-refractivity contribution in [1.82, 2.24) is 0 Å². The fourth-order valence-electron chi connectivity index (χ4n) is 2.80. The first kappa shape index (κ1) is 17.3. The van der Waals surface area contributed by atoms with Crippen LogP contribution in [-0.4, -0.2) is 29.0 Å². The van der Waals surface area contributed by atoms with E-state index in [1.807, 2.05) is 0 Å². The maximum atomic E-state index is 13.7. The first-order chi connectivity index (χ1) is 11.8. The van der Waals surface area contributed by atoms with Crippen molar-refractivity contribution >= 4 is 33.9 Å². The molecule has 0 aliphatic carbocycles. The maximum absolute atomic E-state index is 13.7. The molecule has 2 N–H and O–H groups in total. The second-order valence-corrected chi connectivity index (χ2v) is 6.20. The number of hydrogen-bond donors (Lipinski definition) is 2. The van der Waals surface area contributed by atoms with Crippen molar-refractivity contribution in [2.24, 2.45) is 0 Å². The number of anilines is 1. The number of nitrogens with zero attached hydrogens (tertiary/aromatic N) is 1. The van der Waals surface area contributed by atoms with E-state index in [-0.39, 0.29) is 23.1 Å². The van der Waals surface area contributed by atoms with E-state index in [0.29, 0.717) is 16.6 Å². The normalized spacial score (nSPS) is 18.8. The van der Waals surface area contributed by atoms with Gasteiger partial charge in [0.15, 0.2) is 11.6 Å². The van der Waals surface area contributed by atoms with Crippen molar-refractivity contribution in [2.75, 3.05) is 11.6 Å². The molecule has 0 saturated heterocycles. The van der Waals surface area contributed by atoms with Crippen molar-refractivity contribution in [3.63, 3.8) is 0 Å². The van der Waals surface area contributed by atoms with E-state index in [1.165, 1.54) is 6.07 Å². The van der Waals surface area contributed by atoms with Gasteiger partial charge in [0.1, 0.15) is 11.4 Å². The van der Waals surface area contributed by atoms with Gasteiger partial charge in [-0.15, -0.1) is 0 Å². The molecule has 130 valence electrons. The van der Waals surface area contributed by atoms with Crippen LogP contribution in [0.4, 0.5) is 14.5 Å². The molecule has 25 heavy (non-hydrogen) atoms. The zero-order valence-corrected chi connectivity index (χ0v) is 14.0. The zero-order chi connectivity index (χ0) is 18.4. The van der Waals surface area contributed by atoms with Crippen LogP contribution in [0.2, 0.25) is 0 Å².